The van der Waals surface area contributed by atoms with Crippen LogP contribution in [0.5, 0.6) is 5.75 Å². The number of anilines is 1. The molecule has 0 unspecified atom stereocenters. The van der Waals surface area contributed by atoms with E-state index < -0.39 is 0 Å². The van der Waals surface area contributed by atoms with Crippen molar-refractivity contribution in [2.45, 2.75) is 31.2 Å². The average Bonchev–Trinajstić information content (AvgIpc) is 3.48. The Labute approximate surface area is 196 Å². The second-order valence-electron chi connectivity index (χ2n) is 7.26. The van der Waals surface area contributed by atoms with Crippen molar-refractivity contribution in [2.24, 2.45) is 0 Å². The number of thiazole rings is 1. The van der Waals surface area contributed by atoms with E-state index in [4.69, 9.17) is 9.72 Å². The highest BCUT2D eigenvalue weighted by atomic mass is 32.2. The van der Waals surface area contributed by atoms with E-state index in [2.05, 4.69) is 17.1 Å². The third-order valence-corrected chi connectivity index (χ3v) is 6.86. The molecule has 2 aromatic carbocycles. The van der Waals surface area contributed by atoms with Gasteiger partial charge in [0, 0.05) is 30.4 Å². The molecule has 0 saturated heterocycles. The van der Waals surface area contributed by atoms with Crippen molar-refractivity contribution < 1.29 is 9.53 Å². The van der Waals surface area contributed by atoms with Crippen molar-refractivity contribution in [3.63, 3.8) is 0 Å². The first kappa shape index (κ1) is 22.4. The summed E-state index contributed by atoms with van der Waals surface area (Å²) in [6.07, 6.45) is 8.70. The highest BCUT2D eigenvalue weighted by Crippen LogP contribution is 2.34. The van der Waals surface area contributed by atoms with E-state index in [0.29, 0.717) is 24.7 Å². The molecule has 8 heteroatoms. The van der Waals surface area contributed by atoms with Crippen LogP contribution in [0.3, 0.4) is 0 Å². The van der Waals surface area contributed by atoms with E-state index in [-0.39, 0.29) is 5.91 Å². The minimum Gasteiger partial charge on any atom is -0.492 e. The van der Waals surface area contributed by atoms with E-state index in [9.17, 15) is 4.79 Å². The first-order valence-corrected chi connectivity index (χ1v) is 12.6. The van der Waals surface area contributed by atoms with Gasteiger partial charge >= 0.3 is 0 Å². The Morgan fingerprint density at radius 2 is 2.06 bits per heavy atom. The van der Waals surface area contributed by atoms with Crippen LogP contribution in [0.15, 0.2) is 66.1 Å². The van der Waals surface area contributed by atoms with Crippen LogP contribution in [0.25, 0.3) is 10.2 Å². The van der Waals surface area contributed by atoms with Gasteiger partial charge in [0.15, 0.2) is 5.13 Å². The maximum absolute atomic E-state index is 13.4. The number of para-hydroxylation sites is 1. The minimum absolute atomic E-state index is 0.0459. The summed E-state index contributed by atoms with van der Waals surface area (Å²) < 4.78 is 8.79. The number of hydrogen-bond donors (Lipinski definition) is 0. The average molecular weight is 467 g/mol. The first-order chi connectivity index (χ1) is 15.7. The van der Waals surface area contributed by atoms with Crippen LogP contribution in [0.1, 0.15) is 18.9 Å². The summed E-state index contributed by atoms with van der Waals surface area (Å²) in [5, 5.41) is 0.712. The molecule has 0 aliphatic carbocycles. The molecule has 1 amide bonds. The van der Waals surface area contributed by atoms with Gasteiger partial charge in [0.1, 0.15) is 11.3 Å². The lowest BCUT2D eigenvalue weighted by molar-refractivity contribution is -0.118. The second kappa shape index (κ2) is 10.7. The number of aromatic nitrogens is 3. The van der Waals surface area contributed by atoms with E-state index in [1.54, 1.807) is 24.3 Å². The molecule has 0 fully saturated rings. The summed E-state index contributed by atoms with van der Waals surface area (Å²) in [7, 11) is 0. The summed E-state index contributed by atoms with van der Waals surface area (Å²) in [5.74, 6) is 0.801. The molecule has 0 aliphatic rings. The fraction of sp³-hybridized carbons (Fsp3) is 0.292. The molecule has 32 heavy (non-hydrogen) atoms. The van der Waals surface area contributed by atoms with Gasteiger partial charge in [0.05, 0.1) is 24.1 Å². The number of carbonyl (C=O) groups excluding carboxylic acids is 1. The molecule has 166 valence electrons. The molecule has 4 aromatic rings. The van der Waals surface area contributed by atoms with Gasteiger partial charge in [-0.1, -0.05) is 29.5 Å². The van der Waals surface area contributed by atoms with E-state index in [1.807, 2.05) is 59.2 Å². The SMILES string of the molecule is CCOc1cccc2sc(N(CCCn3ccnc3)C(=O)Cc3ccc(SC)cc3)nc12. The number of nitrogens with zero attached hydrogens (tertiary/aromatic N) is 4. The molecule has 0 saturated carbocycles. The molecule has 2 heterocycles. The van der Waals surface area contributed by atoms with E-state index >= 15 is 0 Å². The third-order valence-electron chi connectivity index (χ3n) is 5.07. The van der Waals surface area contributed by atoms with Crippen molar-refractivity contribution in [1.29, 1.82) is 0 Å². The van der Waals surface area contributed by atoms with Crippen molar-refractivity contribution in [3.8, 4) is 5.75 Å². The normalized spacial score (nSPS) is 11.1. The monoisotopic (exact) mass is 466 g/mol. The maximum Gasteiger partial charge on any atom is 0.233 e. The summed E-state index contributed by atoms with van der Waals surface area (Å²) in [6.45, 7) is 3.91. The topological polar surface area (TPSA) is 60.2 Å². The molecule has 0 N–H and O–H groups in total. The van der Waals surface area contributed by atoms with Crippen LogP contribution in [-0.4, -0.2) is 39.8 Å². The largest absolute Gasteiger partial charge is 0.492 e. The lowest BCUT2D eigenvalue weighted by atomic mass is 10.1. The van der Waals surface area contributed by atoms with Crippen molar-refractivity contribution >= 4 is 44.4 Å². The number of hydrogen-bond acceptors (Lipinski definition) is 6. The van der Waals surface area contributed by atoms with E-state index in [1.165, 1.54) is 16.2 Å². The lowest BCUT2D eigenvalue weighted by Crippen LogP contribution is -2.33. The zero-order valence-electron chi connectivity index (χ0n) is 18.2. The molecule has 0 aliphatic heterocycles. The van der Waals surface area contributed by atoms with Gasteiger partial charge in [-0.15, -0.1) is 11.8 Å². The zero-order valence-corrected chi connectivity index (χ0v) is 19.9. The van der Waals surface area contributed by atoms with Crippen molar-refractivity contribution in [2.75, 3.05) is 24.3 Å². The third kappa shape index (κ3) is 5.31. The number of fused-ring (bicyclic) bond motifs is 1. The van der Waals surface area contributed by atoms with Gasteiger partial charge in [-0.2, -0.15) is 0 Å². The second-order valence-corrected chi connectivity index (χ2v) is 9.15. The maximum atomic E-state index is 13.4. The first-order valence-electron chi connectivity index (χ1n) is 10.6. The summed E-state index contributed by atoms with van der Waals surface area (Å²) >= 11 is 3.22. The molecule has 0 bridgehead atoms. The molecular formula is C24H26N4O2S2. The Hall–Kier alpha value is -2.84. The van der Waals surface area contributed by atoms with Crippen molar-refractivity contribution in [1.82, 2.24) is 14.5 Å². The molecule has 0 radical (unpaired) electrons. The Morgan fingerprint density at radius 1 is 1.22 bits per heavy atom. The summed E-state index contributed by atoms with van der Waals surface area (Å²) in [4.78, 5) is 25.3. The van der Waals surface area contributed by atoms with Crippen LogP contribution in [-0.2, 0) is 17.8 Å². The van der Waals surface area contributed by atoms with Gasteiger partial charge in [-0.3, -0.25) is 9.69 Å². The fourth-order valence-electron chi connectivity index (χ4n) is 3.47. The quantitative estimate of drug-likeness (QED) is 0.298. The number of thioether (sulfide) groups is 1. The predicted molar refractivity (Wildman–Crippen MR) is 132 cm³/mol. The number of aryl methyl sites for hydroxylation is 1. The van der Waals surface area contributed by atoms with Crippen LogP contribution in [0, 0.1) is 0 Å². The number of rotatable bonds is 10. The number of imidazole rings is 1. The molecular weight excluding hydrogens is 440 g/mol. The molecule has 0 spiro atoms. The van der Waals surface area contributed by atoms with E-state index in [0.717, 1.165) is 34.5 Å². The van der Waals surface area contributed by atoms with Gasteiger partial charge in [-0.05, 0) is 49.4 Å². The Morgan fingerprint density at radius 3 is 2.78 bits per heavy atom. The van der Waals surface area contributed by atoms with Crippen LogP contribution in [0.4, 0.5) is 5.13 Å². The molecule has 0 atom stereocenters. The van der Waals surface area contributed by atoms with Crippen LogP contribution < -0.4 is 9.64 Å². The van der Waals surface area contributed by atoms with Crippen LogP contribution in [0.2, 0.25) is 0 Å². The van der Waals surface area contributed by atoms with Crippen LogP contribution >= 0.6 is 23.1 Å². The smallest absolute Gasteiger partial charge is 0.233 e. The standard InChI is InChI=1S/C24H26N4O2S2/c1-3-30-20-6-4-7-21-23(20)26-24(32-21)28(14-5-13-27-15-12-25-17-27)22(29)16-18-8-10-19(31-2)11-9-18/h4,6-12,15,17H,3,5,13-14,16H2,1-2H3. The Bertz CT molecular complexity index is 1160. The lowest BCUT2D eigenvalue weighted by Gasteiger charge is -2.20. The van der Waals surface area contributed by atoms with Gasteiger partial charge in [0.2, 0.25) is 5.91 Å². The summed E-state index contributed by atoms with van der Waals surface area (Å²) in [5.41, 5.74) is 1.81. The minimum atomic E-state index is 0.0459. The Balaban J connectivity index is 1.58. The number of amides is 1. The molecule has 6 nitrogen and oxygen atoms in total. The Kier molecular flexibility index (Phi) is 7.44. The number of carbonyl (C=O) groups is 1. The zero-order chi connectivity index (χ0) is 22.3. The highest BCUT2D eigenvalue weighted by molar-refractivity contribution is 7.98. The highest BCUT2D eigenvalue weighted by Gasteiger charge is 2.21. The molecule has 4 rings (SSSR count). The molecule has 2 aromatic heterocycles. The van der Waals surface area contributed by atoms with Gasteiger partial charge < -0.3 is 9.30 Å². The summed E-state index contributed by atoms with van der Waals surface area (Å²) in [6, 6.07) is 14.1. The number of ether oxygens (including phenoxy) is 1. The fourth-order valence-corrected chi connectivity index (χ4v) is 4.90. The predicted octanol–water partition coefficient (Wildman–Crippen LogP) is 5.28. The van der Waals surface area contributed by atoms with Gasteiger partial charge in [0.25, 0.3) is 0 Å². The van der Waals surface area contributed by atoms with Gasteiger partial charge in [-0.25, -0.2) is 9.97 Å². The number of benzene rings is 2. The van der Waals surface area contributed by atoms with Crippen molar-refractivity contribution in [3.05, 3.63) is 66.7 Å².